The number of piperidine rings is 1. The lowest BCUT2D eigenvalue weighted by atomic mass is 9.97. The van der Waals surface area contributed by atoms with Gasteiger partial charge in [0.15, 0.2) is 0 Å². The van der Waals surface area contributed by atoms with Gasteiger partial charge in [0, 0.05) is 24.7 Å². The molecule has 1 aliphatic rings. The minimum Gasteiger partial charge on any atom is -0.465 e. The van der Waals surface area contributed by atoms with Crippen molar-refractivity contribution in [1.29, 1.82) is 0 Å². The Morgan fingerprint density at radius 3 is 1.97 bits per heavy atom. The molecular weight excluding hydrogens is 460 g/mol. The van der Waals surface area contributed by atoms with Gasteiger partial charge in [-0.15, -0.1) is 0 Å². The average Bonchev–Trinajstić information content (AvgIpc) is 2.82. The van der Waals surface area contributed by atoms with Crippen LogP contribution >= 0.6 is 0 Å². The Morgan fingerprint density at radius 2 is 1.47 bits per heavy atom. The van der Waals surface area contributed by atoms with Gasteiger partial charge in [-0.1, -0.05) is 17.7 Å². The van der Waals surface area contributed by atoms with Gasteiger partial charge < -0.3 is 14.8 Å². The first-order valence-electron chi connectivity index (χ1n) is 10.8. The molecule has 1 amide bonds. The number of benzene rings is 2. The zero-order valence-electron chi connectivity index (χ0n) is 19.6. The summed E-state index contributed by atoms with van der Waals surface area (Å²) in [6.07, 6.45) is 0.688. The number of anilines is 1. The fourth-order valence-corrected chi connectivity index (χ4v) is 5.68. The van der Waals surface area contributed by atoms with Gasteiger partial charge in [-0.05, 0) is 56.5 Å². The van der Waals surface area contributed by atoms with Crippen molar-refractivity contribution in [3.05, 3.63) is 58.7 Å². The van der Waals surface area contributed by atoms with Gasteiger partial charge in [-0.3, -0.25) is 4.79 Å². The lowest BCUT2D eigenvalue weighted by Crippen LogP contribution is -2.41. The van der Waals surface area contributed by atoms with E-state index in [4.69, 9.17) is 9.47 Å². The molecule has 0 saturated carbocycles. The third-order valence-electron chi connectivity index (χ3n) is 5.82. The largest absolute Gasteiger partial charge is 0.465 e. The van der Waals surface area contributed by atoms with E-state index in [0.717, 1.165) is 5.56 Å². The predicted octanol–water partition coefficient (Wildman–Crippen LogP) is 2.92. The maximum atomic E-state index is 13.1. The molecular formula is C24H28N2O7S. The average molecular weight is 489 g/mol. The van der Waals surface area contributed by atoms with E-state index in [1.165, 1.54) is 36.7 Å². The summed E-state index contributed by atoms with van der Waals surface area (Å²) >= 11 is 0. The van der Waals surface area contributed by atoms with Crippen LogP contribution in [0.4, 0.5) is 5.69 Å². The van der Waals surface area contributed by atoms with Crippen LogP contribution in [0, 0.1) is 19.8 Å². The highest BCUT2D eigenvalue weighted by molar-refractivity contribution is 7.89. The summed E-state index contributed by atoms with van der Waals surface area (Å²) in [4.78, 5) is 37.1. The molecule has 34 heavy (non-hydrogen) atoms. The second-order valence-electron chi connectivity index (χ2n) is 8.22. The monoisotopic (exact) mass is 488 g/mol. The summed E-state index contributed by atoms with van der Waals surface area (Å²) in [5.41, 5.74) is 2.11. The van der Waals surface area contributed by atoms with Crippen molar-refractivity contribution in [2.45, 2.75) is 31.6 Å². The van der Waals surface area contributed by atoms with Crippen LogP contribution in [-0.4, -0.2) is 57.9 Å². The number of amides is 1. The summed E-state index contributed by atoms with van der Waals surface area (Å²) in [7, 11) is -1.23. The van der Waals surface area contributed by atoms with Crippen LogP contribution in [-0.2, 0) is 24.3 Å². The van der Waals surface area contributed by atoms with Crippen molar-refractivity contribution < 1.29 is 32.3 Å². The van der Waals surface area contributed by atoms with Gasteiger partial charge in [0.1, 0.15) is 0 Å². The highest BCUT2D eigenvalue weighted by Gasteiger charge is 2.33. The fourth-order valence-electron chi connectivity index (χ4n) is 4.00. The SMILES string of the molecule is COC(=O)c1cc(NC(=O)C2CCN(S(=O)(=O)c3ccc(C)cc3C)CC2)cc(C(=O)OC)c1. The van der Waals surface area contributed by atoms with E-state index in [-0.39, 0.29) is 40.7 Å². The molecule has 1 N–H and O–H groups in total. The number of esters is 2. The maximum absolute atomic E-state index is 13.1. The topological polar surface area (TPSA) is 119 Å². The first-order valence-corrected chi connectivity index (χ1v) is 12.2. The molecule has 1 heterocycles. The number of carbonyl (C=O) groups is 3. The van der Waals surface area contributed by atoms with E-state index in [1.807, 2.05) is 13.0 Å². The van der Waals surface area contributed by atoms with Crippen molar-refractivity contribution in [3.8, 4) is 0 Å². The van der Waals surface area contributed by atoms with Crippen molar-refractivity contribution in [3.63, 3.8) is 0 Å². The third-order valence-corrected chi connectivity index (χ3v) is 7.87. The summed E-state index contributed by atoms with van der Waals surface area (Å²) < 4.78 is 37.0. The van der Waals surface area contributed by atoms with Crippen LogP contribution in [0.3, 0.4) is 0 Å². The van der Waals surface area contributed by atoms with Crippen LogP contribution in [0.1, 0.15) is 44.7 Å². The molecule has 0 aromatic heterocycles. The molecule has 9 nitrogen and oxygen atoms in total. The number of rotatable bonds is 6. The Hall–Kier alpha value is -3.24. The molecule has 1 aliphatic heterocycles. The first kappa shape index (κ1) is 25.4. The number of nitrogens with zero attached hydrogens (tertiary/aromatic N) is 1. The van der Waals surface area contributed by atoms with Crippen molar-refractivity contribution in [2.75, 3.05) is 32.6 Å². The van der Waals surface area contributed by atoms with Crippen LogP contribution in [0.5, 0.6) is 0 Å². The summed E-state index contributed by atoms with van der Waals surface area (Å²) in [5, 5.41) is 2.73. The normalized spacial score (nSPS) is 14.9. The lowest BCUT2D eigenvalue weighted by molar-refractivity contribution is -0.120. The molecule has 10 heteroatoms. The number of methoxy groups -OCH3 is 2. The van der Waals surface area contributed by atoms with Crippen LogP contribution in [0.25, 0.3) is 0 Å². The summed E-state index contributed by atoms with van der Waals surface area (Å²) in [6, 6.07) is 9.37. The zero-order chi connectivity index (χ0) is 25.0. The Morgan fingerprint density at radius 1 is 0.912 bits per heavy atom. The van der Waals surface area contributed by atoms with Gasteiger partial charge in [-0.2, -0.15) is 4.31 Å². The Bertz CT molecular complexity index is 1180. The first-order chi connectivity index (χ1) is 16.1. The second kappa shape index (κ2) is 10.4. The van der Waals surface area contributed by atoms with E-state index in [1.54, 1.807) is 19.1 Å². The van der Waals surface area contributed by atoms with Crippen molar-refractivity contribution in [1.82, 2.24) is 4.31 Å². The van der Waals surface area contributed by atoms with E-state index in [9.17, 15) is 22.8 Å². The van der Waals surface area contributed by atoms with Gasteiger partial charge >= 0.3 is 11.9 Å². The maximum Gasteiger partial charge on any atom is 0.337 e. The van der Waals surface area contributed by atoms with E-state index in [2.05, 4.69) is 5.32 Å². The molecule has 0 bridgehead atoms. The van der Waals surface area contributed by atoms with Gasteiger partial charge in [0.05, 0.1) is 30.2 Å². The molecule has 0 aliphatic carbocycles. The standard InChI is InChI=1S/C24H28N2O7S/c1-15-5-6-21(16(2)11-15)34(30,31)26-9-7-17(8-10-26)22(27)25-20-13-18(23(28)32-3)12-19(14-20)24(29)33-4/h5-6,11-14,17H,7-10H2,1-4H3,(H,25,27). The number of ether oxygens (including phenoxy) is 2. The number of hydrogen-bond acceptors (Lipinski definition) is 7. The van der Waals surface area contributed by atoms with Gasteiger partial charge in [-0.25, -0.2) is 18.0 Å². The van der Waals surface area contributed by atoms with E-state index in [0.29, 0.717) is 18.4 Å². The lowest BCUT2D eigenvalue weighted by Gasteiger charge is -2.31. The predicted molar refractivity (Wildman–Crippen MR) is 125 cm³/mol. The molecule has 0 radical (unpaired) electrons. The van der Waals surface area contributed by atoms with Crippen LogP contribution < -0.4 is 5.32 Å². The van der Waals surface area contributed by atoms with E-state index < -0.39 is 27.9 Å². The highest BCUT2D eigenvalue weighted by atomic mass is 32.2. The summed E-state index contributed by atoms with van der Waals surface area (Å²) in [6.45, 7) is 4.10. The molecule has 182 valence electrons. The number of aryl methyl sites for hydroxylation is 2. The second-order valence-corrected chi connectivity index (χ2v) is 10.1. The van der Waals surface area contributed by atoms with Crippen LogP contribution in [0.15, 0.2) is 41.3 Å². The smallest absolute Gasteiger partial charge is 0.337 e. The molecule has 2 aromatic rings. The molecule has 1 saturated heterocycles. The number of carbonyl (C=O) groups excluding carboxylic acids is 3. The Balaban J connectivity index is 1.71. The molecule has 1 fully saturated rings. The molecule has 0 spiro atoms. The fraction of sp³-hybridized carbons (Fsp3) is 0.375. The summed E-state index contributed by atoms with van der Waals surface area (Å²) in [5.74, 6) is -2.06. The van der Waals surface area contributed by atoms with Gasteiger partial charge in [0.2, 0.25) is 15.9 Å². The highest BCUT2D eigenvalue weighted by Crippen LogP contribution is 2.27. The number of hydrogen-bond donors (Lipinski definition) is 1. The molecule has 0 unspecified atom stereocenters. The third kappa shape index (κ3) is 5.45. The minimum absolute atomic E-state index is 0.0927. The van der Waals surface area contributed by atoms with Crippen LogP contribution in [0.2, 0.25) is 0 Å². The van der Waals surface area contributed by atoms with E-state index >= 15 is 0 Å². The minimum atomic E-state index is -3.65. The molecule has 3 rings (SSSR count). The zero-order valence-corrected chi connectivity index (χ0v) is 20.4. The van der Waals surface area contributed by atoms with Crippen molar-refractivity contribution in [2.24, 2.45) is 5.92 Å². The molecule has 2 aromatic carbocycles. The molecule has 0 atom stereocenters. The number of nitrogens with one attached hydrogen (secondary N) is 1. The quantitative estimate of drug-likeness (QED) is 0.621. The van der Waals surface area contributed by atoms with Crippen molar-refractivity contribution >= 4 is 33.6 Å². The van der Waals surface area contributed by atoms with Gasteiger partial charge in [0.25, 0.3) is 0 Å². The number of sulfonamides is 1. The Kier molecular flexibility index (Phi) is 7.73. The Labute approximate surface area is 199 Å².